The summed E-state index contributed by atoms with van der Waals surface area (Å²) < 4.78 is 16.0. The second kappa shape index (κ2) is 10.9. The van der Waals surface area contributed by atoms with Gasteiger partial charge in [-0.3, -0.25) is 24.1 Å². The molecular formula is C29H27N3O7. The van der Waals surface area contributed by atoms with E-state index < -0.39 is 29.5 Å². The lowest BCUT2D eigenvalue weighted by atomic mass is 10.1. The van der Waals surface area contributed by atoms with Crippen molar-refractivity contribution >= 4 is 34.9 Å². The second-order valence-corrected chi connectivity index (χ2v) is 9.09. The van der Waals surface area contributed by atoms with Crippen molar-refractivity contribution in [2.24, 2.45) is 0 Å². The van der Waals surface area contributed by atoms with Gasteiger partial charge in [0.05, 0.1) is 18.4 Å². The number of carbonyl (C=O) groups is 4. The van der Waals surface area contributed by atoms with Gasteiger partial charge in [0.25, 0.3) is 11.7 Å². The molecule has 5 rings (SSSR count). The highest BCUT2D eigenvalue weighted by atomic mass is 16.7. The van der Waals surface area contributed by atoms with Crippen molar-refractivity contribution in [3.63, 3.8) is 0 Å². The number of nitrogens with one attached hydrogen (secondary N) is 1. The molecule has 0 spiro atoms. The first-order valence-electron chi connectivity index (χ1n) is 12.5. The van der Waals surface area contributed by atoms with Crippen molar-refractivity contribution in [2.45, 2.75) is 25.9 Å². The van der Waals surface area contributed by atoms with E-state index in [0.29, 0.717) is 35.0 Å². The van der Waals surface area contributed by atoms with Crippen LogP contribution in [0.1, 0.15) is 29.3 Å². The van der Waals surface area contributed by atoms with Crippen LogP contribution in [-0.2, 0) is 20.9 Å². The maximum Gasteiger partial charge on any atom is 0.299 e. The summed E-state index contributed by atoms with van der Waals surface area (Å²) >= 11 is 0. The van der Waals surface area contributed by atoms with E-state index in [4.69, 9.17) is 14.2 Å². The van der Waals surface area contributed by atoms with Gasteiger partial charge in [-0.1, -0.05) is 31.2 Å². The first-order valence-corrected chi connectivity index (χ1v) is 12.5. The zero-order valence-electron chi connectivity index (χ0n) is 21.5. The predicted octanol–water partition coefficient (Wildman–Crippen LogP) is 3.40. The highest BCUT2D eigenvalue weighted by Gasteiger charge is 2.38. The number of Topliss-reactive ketones (excluding diaryl/α,β-unsaturated/α-hetero) is 1. The fourth-order valence-corrected chi connectivity index (χ4v) is 4.68. The number of fused-ring (bicyclic) bond motifs is 2. The monoisotopic (exact) mass is 529 g/mol. The Labute approximate surface area is 225 Å². The predicted molar refractivity (Wildman–Crippen MR) is 142 cm³/mol. The summed E-state index contributed by atoms with van der Waals surface area (Å²) in [7, 11) is 1.56. The number of carbonyl (C=O) groups excluding carboxylic acids is 4. The number of methoxy groups -OCH3 is 1. The zero-order valence-corrected chi connectivity index (χ0v) is 21.5. The van der Waals surface area contributed by atoms with Gasteiger partial charge in [0.2, 0.25) is 18.6 Å². The van der Waals surface area contributed by atoms with Gasteiger partial charge < -0.3 is 24.4 Å². The van der Waals surface area contributed by atoms with E-state index in [1.54, 1.807) is 80.8 Å². The average Bonchev–Trinajstić information content (AvgIpc) is 3.51. The number of rotatable bonds is 9. The summed E-state index contributed by atoms with van der Waals surface area (Å²) in [6, 6.07) is 17.9. The summed E-state index contributed by atoms with van der Waals surface area (Å²) in [4.78, 5) is 55.1. The molecule has 0 fully saturated rings. The van der Waals surface area contributed by atoms with Gasteiger partial charge in [0.15, 0.2) is 11.5 Å². The lowest BCUT2D eigenvalue weighted by molar-refractivity contribution is -0.138. The molecule has 1 atom stereocenters. The second-order valence-electron chi connectivity index (χ2n) is 9.09. The van der Waals surface area contributed by atoms with Gasteiger partial charge in [-0.15, -0.1) is 0 Å². The Kier molecular flexibility index (Phi) is 7.18. The number of anilines is 2. The third-order valence-electron chi connectivity index (χ3n) is 6.71. The molecule has 10 heteroatoms. The standard InChI is InChI=1S/C29H27N3O7/c1-3-22(28(35)30-19-10-13-24-25(14-19)39-17-38-24)31(15-18-8-11-20(37-2)12-9-18)26(33)16-32-23-7-5-4-6-21(23)27(34)29(32)36/h4-14,22H,3,15-17H2,1-2H3,(H,30,35). The van der Waals surface area contributed by atoms with E-state index >= 15 is 0 Å². The molecule has 39 heavy (non-hydrogen) atoms. The zero-order chi connectivity index (χ0) is 27.5. The molecular weight excluding hydrogens is 502 g/mol. The van der Waals surface area contributed by atoms with Crippen molar-refractivity contribution < 1.29 is 33.4 Å². The number of ether oxygens (including phenoxy) is 3. The van der Waals surface area contributed by atoms with Crippen molar-refractivity contribution in [2.75, 3.05) is 30.7 Å². The third kappa shape index (κ3) is 5.13. The van der Waals surface area contributed by atoms with Gasteiger partial charge in [-0.25, -0.2) is 0 Å². The van der Waals surface area contributed by atoms with Gasteiger partial charge in [0, 0.05) is 18.3 Å². The maximum absolute atomic E-state index is 13.8. The van der Waals surface area contributed by atoms with Crippen LogP contribution in [0.15, 0.2) is 66.7 Å². The topological polar surface area (TPSA) is 114 Å². The number of hydrogen-bond donors (Lipinski definition) is 1. The van der Waals surface area contributed by atoms with Crippen LogP contribution < -0.4 is 24.4 Å². The van der Waals surface area contributed by atoms with E-state index in [2.05, 4.69) is 5.32 Å². The molecule has 0 aliphatic carbocycles. The van der Waals surface area contributed by atoms with Crippen LogP contribution in [0.5, 0.6) is 17.2 Å². The van der Waals surface area contributed by atoms with Crippen molar-refractivity contribution in [3.05, 3.63) is 77.9 Å². The summed E-state index contributed by atoms with van der Waals surface area (Å²) in [5.41, 5.74) is 1.89. The van der Waals surface area contributed by atoms with E-state index in [1.165, 1.54) is 9.80 Å². The summed E-state index contributed by atoms with van der Waals surface area (Å²) in [6.07, 6.45) is 0.307. The SMILES string of the molecule is CCC(C(=O)Nc1ccc2c(c1)OCO2)N(Cc1ccc(OC)cc1)C(=O)CN1C(=O)C(=O)c2ccccc21. The largest absolute Gasteiger partial charge is 0.497 e. The van der Waals surface area contributed by atoms with Crippen LogP contribution in [0.4, 0.5) is 11.4 Å². The third-order valence-corrected chi connectivity index (χ3v) is 6.71. The molecule has 1 N–H and O–H groups in total. The van der Waals surface area contributed by atoms with Gasteiger partial charge in [0.1, 0.15) is 18.3 Å². The Hall–Kier alpha value is -4.86. The van der Waals surface area contributed by atoms with Crippen molar-refractivity contribution in [1.29, 1.82) is 0 Å². The Morgan fingerprint density at radius 3 is 2.51 bits per heavy atom. The summed E-state index contributed by atoms with van der Waals surface area (Å²) in [6.45, 7) is 1.63. The number of benzene rings is 3. The lowest BCUT2D eigenvalue weighted by Crippen LogP contribution is -2.50. The average molecular weight is 530 g/mol. The smallest absolute Gasteiger partial charge is 0.299 e. The number of nitrogens with zero attached hydrogens (tertiary/aromatic N) is 2. The number of para-hydroxylation sites is 1. The quantitative estimate of drug-likeness (QED) is 0.423. The van der Waals surface area contributed by atoms with Crippen LogP contribution in [0.2, 0.25) is 0 Å². The van der Waals surface area contributed by atoms with Crippen LogP contribution in [0.25, 0.3) is 0 Å². The highest BCUT2D eigenvalue weighted by Crippen LogP contribution is 2.34. The fraction of sp³-hybridized carbons (Fsp3) is 0.241. The minimum absolute atomic E-state index is 0.105. The molecule has 0 aromatic heterocycles. The van der Waals surface area contributed by atoms with Crippen LogP contribution in [0.3, 0.4) is 0 Å². The van der Waals surface area contributed by atoms with Crippen LogP contribution in [0, 0.1) is 0 Å². The van der Waals surface area contributed by atoms with E-state index in [0.717, 1.165) is 5.56 Å². The van der Waals surface area contributed by atoms with Crippen LogP contribution >= 0.6 is 0 Å². The first kappa shape index (κ1) is 25.8. The lowest BCUT2D eigenvalue weighted by Gasteiger charge is -2.32. The minimum Gasteiger partial charge on any atom is -0.497 e. The molecule has 3 aromatic rings. The molecule has 2 aliphatic rings. The van der Waals surface area contributed by atoms with Crippen molar-refractivity contribution in [3.8, 4) is 17.2 Å². The molecule has 0 saturated carbocycles. The van der Waals surface area contributed by atoms with Crippen molar-refractivity contribution in [1.82, 2.24) is 4.90 Å². The molecule has 2 heterocycles. The van der Waals surface area contributed by atoms with E-state index in [9.17, 15) is 19.2 Å². The molecule has 2 aliphatic heterocycles. The molecule has 0 radical (unpaired) electrons. The van der Waals surface area contributed by atoms with Crippen LogP contribution in [-0.4, -0.2) is 54.9 Å². The number of amides is 3. The molecule has 10 nitrogen and oxygen atoms in total. The molecule has 3 aromatic carbocycles. The van der Waals surface area contributed by atoms with Gasteiger partial charge in [-0.05, 0) is 48.4 Å². The maximum atomic E-state index is 13.8. The normalized spacial score (nSPS) is 14.2. The molecule has 1 unspecified atom stereocenters. The molecule has 0 saturated heterocycles. The number of hydrogen-bond acceptors (Lipinski definition) is 7. The highest BCUT2D eigenvalue weighted by molar-refractivity contribution is 6.52. The Morgan fingerprint density at radius 1 is 1.03 bits per heavy atom. The summed E-state index contributed by atoms with van der Waals surface area (Å²) in [5.74, 6) is -0.551. The summed E-state index contributed by atoms with van der Waals surface area (Å²) in [5, 5.41) is 2.86. The molecule has 0 bridgehead atoms. The Balaban J connectivity index is 1.41. The van der Waals surface area contributed by atoms with E-state index in [-0.39, 0.29) is 25.4 Å². The molecule has 200 valence electrons. The first-order chi connectivity index (χ1) is 18.9. The van der Waals surface area contributed by atoms with Gasteiger partial charge in [-0.2, -0.15) is 0 Å². The molecule has 3 amide bonds. The van der Waals surface area contributed by atoms with Gasteiger partial charge >= 0.3 is 0 Å². The van der Waals surface area contributed by atoms with E-state index in [1.807, 2.05) is 0 Å². The number of ketones is 1. The minimum atomic E-state index is -0.867. The Morgan fingerprint density at radius 2 is 1.77 bits per heavy atom. The Bertz CT molecular complexity index is 1440. The fourth-order valence-electron chi connectivity index (χ4n) is 4.68.